The van der Waals surface area contributed by atoms with Crippen LogP contribution in [0.25, 0.3) is 0 Å². The summed E-state index contributed by atoms with van der Waals surface area (Å²) >= 11 is 3.47. The first-order chi connectivity index (χ1) is 8.22. The molecule has 17 heavy (non-hydrogen) atoms. The molecule has 88 valence electrons. The SMILES string of the molecule is CCc1cccc(C(O)c2ccccc2Br)c1. The maximum absolute atomic E-state index is 10.4. The molecule has 2 aromatic rings. The molecule has 2 rings (SSSR count). The Bertz CT molecular complexity index is 508. The Balaban J connectivity index is 2.37. The third kappa shape index (κ3) is 2.76. The minimum atomic E-state index is -0.572. The van der Waals surface area contributed by atoms with Gasteiger partial charge in [-0.25, -0.2) is 0 Å². The lowest BCUT2D eigenvalue weighted by Gasteiger charge is -2.14. The van der Waals surface area contributed by atoms with Gasteiger partial charge in [0.05, 0.1) is 0 Å². The molecule has 1 nitrogen and oxygen atoms in total. The molecule has 1 unspecified atom stereocenters. The van der Waals surface area contributed by atoms with Crippen LogP contribution in [-0.2, 0) is 6.42 Å². The first-order valence-corrected chi connectivity index (χ1v) is 6.53. The van der Waals surface area contributed by atoms with Crippen molar-refractivity contribution in [1.82, 2.24) is 0 Å². The molecule has 0 aromatic heterocycles. The average molecular weight is 291 g/mol. The number of hydrogen-bond donors (Lipinski definition) is 1. The van der Waals surface area contributed by atoms with Gasteiger partial charge in [-0.15, -0.1) is 0 Å². The van der Waals surface area contributed by atoms with Crippen molar-refractivity contribution in [1.29, 1.82) is 0 Å². The molecular weight excluding hydrogens is 276 g/mol. The average Bonchev–Trinajstić information content (AvgIpc) is 2.38. The quantitative estimate of drug-likeness (QED) is 0.903. The molecule has 1 atom stereocenters. The monoisotopic (exact) mass is 290 g/mol. The summed E-state index contributed by atoms with van der Waals surface area (Å²) in [7, 11) is 0. The van der Waals surface area contributed by atoms with Crippen LogP contribution in [-0.4, -0.2) is 5.11 Å². The van der Waals surface area contributed by atoms with Crippen molar-refractivity contribution in [3.63, 3.8) is 0 Å². The highest BCUT2D eigenvalue weighted by Crippen LogP contribution is 2.28. The number of rotatable bonds is 3. The lowest BCUT2D eigenvalue weighted by molar-refractivity contribution is 0.219. The summed E-state index contributed by atoms with van der Waals surface area (Å²) in [6, 6.07) is 15.9. The van der Waals surface area contributed by atoms with E-state index >= 15 is 0 Å². The topological polar surface area (TPSA) is 20.2 Å². The van der Waals surface area contributed by atoms with Crippen molar-refractivity contribution in [3.05, 3.63) is 69.7 Å². The van der Waals surface area contributed by atoms with Gasteiger partial charge < -0.3 is 5.11 Å². The van der Waals surface area contributed by atoms with Crippen molar-refractivity contribution in [2.75, 3.05) is 0 Å². The lowest BCUT2D eigenvalue weighted by Crippen LogP contribution is -2.01. The van der Waals surface area contributed by atoms with Crippen LogP contribution in [0.5, 0.6) is 0 Å². The maximum atomic E-state index is 10.4. The molecule has 1 N–H and O–H groups in total. The van der Waals surface area contributed by atoms with E-state index in [-0.39, 0.29) is 0 Å². The summed E-state index contributed by atoms with van der Waals surface area (Å²) < 4.78 is 0.939. The van der Waals surface area contributed by atoms with Crippen LogP contribution in [0.1, 0.15) is 29.7 Å². The number of benzene rings is 2. The molecule has 0 spiro atoms. The fourth-order valence-corrected chi connectivity index (χ4v) is 2.36. The highest BCUT2D eigenvalue weighted by atomic mass is 79.9. The Morgan fingerprint density at radius 1 is 1.12 bits per heavy atom. The first kappa shape index (κ1) is 12.3. The zero-order chi connectivity index (χ0) is 12.3. The Kier molecular flexibility index (Phi) is 3.97. The van der Waals surface area contributed by atoms with Crippen LogP contribution in [0.3, 0.4) is 0 Å². The lowest BCUT2D eigenvalue weighted by atomic mass is 9.99. The summed E-state index contributed by atoms with van der Waals surface area (Å²) in [6.07, 6.45) is 0.411. The summed E-state index contributed by atoms with van der Waals surface area (Å²) in [5, 5.41) is 10.4. The summed E-state index contributed by atoms with van der Waals surface area (Å²) in [5.41, 5.74) is 3.09. The number of aliphatic hydroxyl groups is 1. The zero-order valence-electron chi connectivity index (χ0n) is 9.73. The van der Waals surface area contributed by atoms with Gasteiger partial charge in [-0.3, -0.25) is 0 Å². The number of aryl methyl sites for hydroxylation is 1. The van der Waals surface area contributed by atoms with Crippen molar-refractivity contribution in [3.8, 4) is 0 Å². The third-order valence-electron chi connectivity index (χ3n) is 2.87. The van der Waals surface area contributed by atoms with Crippen molar-refractivity contribution in [2.45, 2.75) is 19.4 Å². The van der Waals surface area contributed by atoms with Crippen LogP contribution < -0.4 is 0 Å². The molecule has 0 fully saturated rings. The number of halogens is 1. The second-order valence-electron chi connectivity index (χ2n) is 4.02. The maximum Gasteiger partial charge on any atom is 0.105 e. The second kappa shape index (κ2) is 5.48. The van der Waals surface area contributed by atoms with Gasteiger partial charge in [0.2, 0.25) is 0 Å². The molecule has 0 radical (unpaired) electrons. The van der Waals surface area contributed by atoms with Gasteiger partial charge in [-0.05, 0) is 29.2 Å². The third-order valence-corrected chi connectivity index (χ3v) is 3.60. The predicted octanol–water partition coefficient (Wildman–Crippen LogP) is 4.09. The van der Waals surface area contributed by atoms with Gasteiger partial charge in [0.15, 0.2) is 0 Å². The highest BCUT2D eigenvalue weighted by molar-refractivity contribution is 9.10. The summed E-state index contributed by atoms with van der Waals surface area (Å²) in [6.45, 7) is 2.12. The fourth-order valence-electron chi connectivity index (χ4n) is 1.86. The minimum absolute atomic E-state index is 0.572. The van der Waals surface area contributed by atoms with E-state index in [4.69, 9.17) is 0 Å². The van der Waals surface area contributed by atoms with E-state index in [0.29, 0.717) is 0 Å². The van der Waals surface area contributed by atoms with Crippen molar-refractivity contribution >= 4 is 15.9 Å². The molecule has 0 heterocycles. The van der Waals surface area contributed by atoms with Crippen molar-refractivity contribution in [2.24, 2.45) is 0 Å². The molecule has 0 aliphatic rings. The van der Waals surface area contributed by atoms with Gasteiger partial charge in [0.1, 0.15) is 6.10 Å². The Hall–Kier alpha value is -1.12. The highest BCUT2D eigenvalue weighted by Gasteiger charge is 2.13. The summed E-state index contributed by atoms with van der Waals surface area (Å²) in [5.74, 6) is 0. The van der Waals surface area contributed by atoms with Gasteiger partial charge in [-0.1, -0.05) is 65.3 Å². The molecule has 0 amide bonds. The van der Waals surface area contributed by atoms with Crippen LogP contribution in [0.15, 0.2) is 53.0 Å². The molecular formula is C15H15BrO. The largest absolute Gasteiger partial charge is 0.384 e. The zero-order valence-corrected chi connectivity index (χ0v) is 11.3. The van der Waals surface area contributed by atoms with Crippen LogP contribution >= 0.6 is 15.9 Å². The van der Waals surface area contributed by atoms with E-state index in [1.165, 1.54) is 5.56 Å². The van der Waals surface area contributed by atoms with E-state index in [0.717, 1.165) is 22.0 Å². The predicted molar refractivity (Wildman–Crippen MR) is 74.0 cm³/mol. The molecule has 0 aliphatic heterocycles. The van der Waals surface area contributed by atoms with Gasteiger partial charge in [0.25, 0.3) is 0 Å². The first-order valence-electron chi connectivity index (χ1n) is 5.73. The summed E-state index contributed by atoms with van der Waals surface area (Å²) in [4.78, 5) is 0. The van der Waals surface area contributed by atoms with E-state index < -0.39 is 6.10 Å². The smallest absolute Gasteiger partial charge is 0.105 e. The van der Waals surface area contributed by atoms with Gasteiger partial charge in [0, 0.05) is 4.47 Å². The number of hydrogen-bond acceptors (Lipinski definition) is 1. The molecule has 0 aliphatic carbocycles. The van der Waals surface area contributed by atoms with E-state index in [9.17, 15) is 5.11 Å². The Morgan fingerprint density at radius 3 is 2.59 bits per heavy atom. The second-order valence-corrected chi connectivity index (χ2v) is 4.88. The standard InChI is InChI=1S/C15H15BrO/c1-2-11-6-5-7-12(10-11)15(17)13-8-3-4-9-14(13)16/h3-10,15,17H,2H2,1H3. The van der Waals surface area contributed by atoms with Crippen LogP contribution in [0.4, 0.5) is 0 Å². The van der Waals surface area contributed by atoms with Crippen molar-refractivity contribution < 1.29 is 5.11 Å². The van der Waals surface area contributed by atoms with E-state index in [1.807, 2.05) is 36.4 Å². The fraction of sp³-hybridized carbons (Fsp3) is 0.200. The minimum Gasteiger partial charge on any atom is -0.384 e. The Labute approximate surface area is 110 Å². The molecule has 2 aromatic carbocycles. The molecule has 0 saturated carbocycles. The normalized spacial score (nSPS) is 12.4. The molecule has 2 heteroatoms. The van der Waals surface area contributed by atoms with E-state index in [1.54, 1.807) is 0 Å². The molecule has 0 bridgehead atoms. The van der Waals surface area contributed by atoms with Crippen LogP contribution in [0.2, 0.25) is 0 Å². The Morgan fingerprint density at radius 2 is 1.88 bits per heavy atom. The van der Waals surface area contributed by atoms with E-state index in [2.05, 4.69) is 35.0 Å². The van der Waals surface area contributed by atoms with Gasteiger partial charge in [-0.2, -0.15) is 0 Å². The van der Waals surface area contributed by atoms with Crippen LogP contribution in [0, 0.1) is 0 Å². The molecule has 0 saturated heterocycles. The number of aliphatic hydroxyl groups excluding tert-OH is 1. The van der Waals surface area contributed by atoms with Gasteiger partial charge >= 0.3 is 0 Å².